The second kappa shape index (κ2) is 6.03. The van der Waals surface area contributed by atoms with Crippen molar-refractivity contribution in [3.05, 3.63) is 71.4 Å². The van der Waals surface area contributed by atoms with Crippen LogP contribution in [-0.4, -0.2) is 15.5 Å². The molecule has 4 nitrogen and oxygen atoms in total. The summed E-state index contributed by atoms with van der Waals surface area (Å²) in [7, 11) is 1.84. The number of benzene rings is 2. The molecule has 0 radical (unpaired) electrons. The van der Waals surface area contributed by atoms with Crippen LogP contribution in [0.4, 0.5) is 5.95 Å². The number of rotatable bonds is 3. The first-order chi connectivity index (χ1) is 10.6. The summed E-state index contributed by atoms with van der Waals surface area (Å²) in [5.41, 5.74) is 2.35. The molecule has 0 atom stereocenters. The van der Waals surface area contributed by atoms with Gasteiger partial charge in [0, 0.05) is 29.4 Å². The van der Waals surface area contributed by atoms with Gasteiger partial charge in [-0.15, -0.1) is 0 Å². The molecule has 3 aromatic rings. The second-order valence-electron chi connectivity index (χ2n) is 4.89. The zero-order valence-corrected chi connectivity index (χ0v) is 12.7. The van der Waals surface area contributed by atoms with Gasteiger partial charge in [-0.05, 0) is 24.3 Å². The van der Waals surface area contributed by atoms with E-state index < -0.39 is 0 Å². The van der Waals surface area contributed by atoms with Crippen LogP contribution in [0.25, 0.3) is 11.3 Å². The van der Waals surface area contributed by atoms with Gasteiger partial charge in [-0.2, -0.15) is 0 Å². The number of carbonyl (C=O) groups is 1. The van der Waals surface area contributed by atoms with E-state index >= 15 is 0 Å². The van der Waals surface area contributed by atoms with Crippen molar-refractivity contribution in [2.75, 3.05) is 5.32 Å². The van der Waals surface area contributed by atoms with Crippen LogP contribution in [0.2, 0.25) is 5.02 Å². The highest BCUT2D eigenvalue weighted by molar-refractivity contribution is 6.30. The molecule has 22 heavy (non-hydrogen) atoms. The number of aryl methyl sites for hydroxylation is 1. The molecule has 1 amide bonds. The minimum atomic E-state index is -0.218. The Morgan fingerprint density at radius 2 is 1.77 bits per heavy atom. The first kappa shape index (κ1) is 14.4. The largest absolute Gasteiger partial charge is 0.320 e. The summed E-state index contributed by atoms with van der Waals surface area (Å²) in [5.74, 6) is 0.281. The molecule has 1 N–H and O–H groups in total. The van der Waals surface area contributed by atoms with Crippen molar-refractivity contribution < 1.29 is 4.79 Å². The van der Waals surface area contributed by atoms with E-state index in [1.807, 2.05) is 43.6 Å². The van der Waals surface area contributed by atoms with Crippen molar-refractivity contribution >= 4 is 23.5 Å². The Morgan fingerprint density at radius 3 is 2.45 bits per heavy atom. The second-order valence-corrected chi connectivity index (χ2v) is 5.32. The van der Waals surface area contributed by atoms with Crippen LogP contribution in [-0.2, 0) is 7.05 Å². The highest BCUT2D eigenvalue weighted by atomic mass is 35.5. The minimum absolute atomic E-state index is 0.218. The smallest absolute Gasteiger partial charge is 0.257 e. The fourth-order valence-electron chi connectivity index (χ4n) is 2.11. The summed E-state index contributed by atoms with van der Waals surface area (Å²) < 4.78 is 1.79. The number of hydrogen-bond acceptors (Lipinski definition) is 2. The van der Waals surface area contributed by atoms with Crippen LogP contribution in [0, 0.1) is 0 Å². The number of aromatic nitrogens is 2. The predicted octanol–water partition coefficient (Wildman–Crippen LogP) is 3.99. The number of hydrogen-bond donors (Lipinski definition) is 1. The zero-order chi connectivity index (χ0) is 15.5. The van der Waals surface area contributed by atoms with Gasteiger partial charge < -0.3 is 4.57 Å². The number of nitrogens with zero attached hydrogens (tertiary/aromatic N) is 2. The topological polar surface area (TPSA) is 46.9 Å². The average Bonchev–Trinajstić information content (AvgIpc) is 2.90. The van der Waals surface area contributed by atoms with Gasteiger partial charge in [0.2, 0.25) is 5.95 Å². The number of amides is 1. The monoisotopic (exact) mass is 311 g/mol. The summed E-state index contributed by atoms with van der Waals surface area (Å²) in [4.78, 5) is 16.7. The lowest BCUT2D eigenvalue weighted by Crippen LogP contribution is -2.14. The Morgan fingerprint density at radius 1 is 1.09 bits per heavy atom. The molecule has 3 rings (SSSR count). The molecule has 1 aromatic heterocycles. The van der Waals surface area contributed by atoms with Crippen molar-refractivity contribution in [1.82, 2.24) is 9.55 Å². The molecule has 0 saturated heterocycles. The quantitative estimate of drug-likeness (QED) is 0.795. The van der Waals surface area contributed by atoms with E-state index in [4.69, 9.17) is 11.6 Å². The summed E-state index contributed by atoms with van der Waals surface area (Å²) in [5, 5.41) is 3.40. The first-order valence-electron chi connectivity index (χ1n) is 6.79. The van der Waals surface area contributed by atoms with E-state index in [1.54, 1.807) is 28.8 Å². The van der Waals surface area contributed by atoms with Crippen LogP contribution in [0.1, 0.15) is 10.4 Å². The van der Waals surface area contributed by atoms with Crippen LogP contribution < -0.4 is 5.32 Å². The van der Waals surface area contributed by atoms with Crippen molar-refractivity contribution in [2.45, 2.75) is 0 Å². The van der Waals surface area contributed by atoms with Gasteiger partial charge in [0.05, 0.1) is 5.69 Å². The third kappa shape index (κ3) is 3.02. The lowest BCUT2D eigenvalue weighted by Gasteiger charge is -2.04. The SMILES string of the molecule is Cn1cc(-c2ccccc2)nc1NC(=O)c1ccc(Cl)cc1. The molecule has 0 spiro atoms. The van der Waals surface area contributed by atoms with Crippen molar-refractivity contribution in [3.8, 4) is 11.3 Å². The summed E-state index contributed by atoms with van der Waals surface area (Å²) >= 11 is 5.82. The third-order valence-electron chi connectivity index (χ3n) is 3.28. The van der Waals surface area contributed by atoms with Gasteiger partial charge in [-0.1, -0.05) is 41.9 Å². The molecule has 1 heterocycles. The van der Waals surface area contributed by atoms with Gasteiger partial charge >= 0.3 is 0 Å². The maximum absolute atomic E-state index is 12.2. The number of halogens is 1. The standard InChI is InChI=1S/C17H14ClN3O/c1-21-11-15(12-5-3-2-4-6-12)19-17(21)20-16(22)13-7-9-14(18)10-8-13/h2-11H,1H3,(H,19,20,22). The van der Waals surface area contributed by atoms with E-state index in [2.05, 4.69) is 10.3 Å². The van der Waals surface area contributed by atoms with Crippen LogP contribution >= 0.6 is 11.6 Å². The molecule has 5 heteroatoms. The molecule has 0 bridgehead atoms. The molecule has 2 aromatic carbocycles. The van der Waals surface area contributed by atoms with Crippen molar-refractivity contribution in [3.63, 3.8) is 0 Å². The summed E-state index contributed by atoms with van der Waals surface area (Å²) in [6.45, 7) is 0. The fourth-order valence-corrected chi connectivity index (χ4v) is 2.23. The van der Waals surface area contributed by atoms with E-state index in [1.165, 1.54) is 0 Å². The molecule has 0 unspecified atom stereocenters. The first-order valence-corrected chi connectivity index (χ1v) is 7.17. The maximum Gasteiger partial charge on any atom is 0.257 e. The Bertz CT molecular complexity index is 795. The Balaban J connectivity index is 1.82. The van der Waals surface area contributed by atoms with E-state index in [9.17, 15) is 4.79 Å². The molecule has 0 aliphatic rings. The van der Waals surface area contributed by atoms with Gasteiger partial charge in [-0.25, -0.2) is 4.98 Å². The highest BCUT2D eigenvalue weighted by Crippen LogP contribution is 2.20. The normalized spacial score (nSPS) is 10.5. The van der Waals surface area contributed by atoms with Gasteiger partial charge in [0.25, 0.3) is 5.91 Å². The number of nitrogens with one attached hydrogen (secondary N) is 1. The lowest BCUT2D eigenvalue weighted by atomic mass is 10.2. The number of anilines is 1. The molecule has 0 aliphatic carbocycles. The van der Waals surface area contributed by atoms with Gasteiger partial charge in [0.1, 0.15) is 0 Å². The molecule has 110 valence electrons. The average molecular weight is 312 g/mol. The van der Waals surface area contributed by atoms with Crippen molar-refractivity contribution in [1.29, 1.82) is 0 Å². The Kier molecular flexibility index (Phi) is 3.94. The minimum Gasteiger partial charge on any atom is -0.320 e. The van der Waals surface area contributed by atoms with E-state index in [-0.39, 0.29) is 5.91 Å². The van der Waals surface area contributed by atoms with Crippen LogP contribution in [0.3, 0.4) is 0 Å². The summed E-state index contributed by atoms with van der Waals surface area (Å²) in [6, 6.07) is 16.5. The third-order valence-corrected chi connectivity index (χ3v) is 3.53. The number of carbonyl (C=O) groups excluding carboxylic acids is 1. The molecule has 0 aliphatic heterocycles. The van der Waals surface area contributed by atoms with Gasteiger partial charge in [0.15, 0.2) is 0 Å². The Hall–Kier alpha value is -2.59. The van der Waals surface area contributed by atoms with Crippen LogP contribution in [0.5, 0.6) is 0 Å². The van der Waals surface area contributed by atoms with Crippen molar-refractivity contribution in [2.24, 2.45) is 7.05 Å². The fraction of sp³-hybridized carbons (Fsp3) is 0.0588. The molecular weight excluding hydrogens is 298 g/mol. The lowest BCUT2D eigenvalue weighted by molar-refractivity contribution is 0.102. The zero-order valence-electron chi connectivity index (χ0n) is 12.0. The predicted molar refractivity (Wildman–Crippen MR) is 88.0 cm³/mol. The van der Waals surface area contributed by atoms with E-state index in [0.29, 0.717) is 16.5 Å². The molecule has 0 saturated carbocycles. The maximum atomic E-state index is 12.2. The Labute approximate surface area is 133 Å². The summed E-state index contributed by atoms with van der Waals surface area (Å²) in [6.07, 6.45) is 1.88. The van der Waals surface area contributed by atoms with E-state index in [0.717, 1.165) is 11.3 Å². The van der Waals surface area contributed by atoms with Gasteiger partial charge in [-0.3, -0.25) is 10.1 Å². The van der Waals surface area contributed by atoms with Crippen LogP contribution in [0.15, 0.2) is 60.8 Å². The number of imidazole rings is 1. The highest BCUT2D eigenvalue weighted by Gasteiger charge is 2.11. The molecule has 0 fully saturated rings. The molecular formula is C17H14ClN3O.